The van der Waals surface area contributed by atoms with Crippen molar-refractivity contribution < 1.29 is 83.8 Å². The van der Waals surface area contributed by atoms with Gasteiger partial charge in [0.1, 0.15) is 0 Å². The summed E-state index contributed by atoms with van der Waals surface area (Å²) in [6.07, 6.45) is 10.6. The molecule has 0 atom stereocenters. The van der Waals surface area contributed by atoms with E-state index >= 15 is 0 Å². The van der Waals surface area contributed by atoms with E-state index in [1.165, 1.54) is 99.9 Å². The van der Waals surface area contributed by atoms with E-state index in [1.807, 2.05) is 27.7 Å². The van der Waals surface area contributed by atoms with Gasteiger partial charge in [-0.2, -0.15) is 0 Å². The molecule has 0 unspecified atom stereocenters. The van der Waals surface area contributed by atoms with Gasteiger partial charge in [0.15, 0.2) is 0 Å². The molecular formula is C46H58Cr2O10. The Morgan fingerprint density at radius 2 is 0.569 bits per heavy atom. The monoisotopic (exact) mass is 874 g/mol. The maximum Gasteiger partial charge on any atom is 2.00 e. The first-order valence-electron chi connectivity index (χ1n) is 19.0. The first-order chi connectivity index (χ1) is 26.7. The molecule has 2 aliphatic heterocycles. The summed E-state index contributed by atoms with van der Waals surface area (Å²) in [7, 11) is 0. The number of carbonyl (C=O) groups is 4. The predicted molar refractivity (Wildman–Crippen MR) is 212 cm³/mol. The Kier molecular flexibility index (Phi) is 37.1. The number of carboxylic acids is 4. The largest absolute Gasteiger partial charge is 2.00 e. The molecule has 0 aromatic heterocycles. The third kappa shape index (κ3) is 31.8. The molecule has 0 saturated carbocycles. The minimum absolute atomic E-state index is 0. The van der Waals surface area contributed by atoms with Crippen LogP contribution in [0.1, 0.15) is 129 Å². The van der Waals surface area contributed by atoms with Gasteiger partial charge in [0, 0.05) is 26.4 Å². The second-order valence-electron chi connectivity index (χ2n) is 13.0. The zero-order valence-corrected chi connectivity index (χ0v) is 37.2. The molecule has 0 bridgehead atoms. The standard InChI is InChI=1S/4C8H8O2.C6H14.2C4H8O.2Cr/c4*1-6-2-4-7(5-3-6)8(9)10;1-3-5-6-4-2;2*1-2-4-5-3-1;;/h4*2-5H,1H3,(H,9,10);3-6H2,1-2H3;2*1-4H2;;/q;;;;;;;2*+2/p-4. The Labute approximate surface area is 366 Å². The second-order valence-corrected chi connectivity index (χ2v) is 13.0. The van der Waals surface area contributed by atoms with Gasteiger partial charge in [-0.15, -0.1) is 0 Å². The summed E-state index contributed by atoms with van der Waals surface area (Å²) in [5.74, 6) is -4.50. The third-order valence-electron chi connectivity index (χ3n) is 7.76. The van der Waals surface area contributed by atoms with E-state index in [0.29, 0.717) is 0 Å². The molecule has 2 saturated heterocycles. The molecule has 6 rings (SSSR count). The third-order valence-corrected chi connectivity index (χ3v) is 7.76. The number of benzene rings is 4. The van der Waals surface area contributed by atoms with Crippen LogP contribution in [-0.4, -0.2) is 50.3 Å². The summed E-state index contributed by atoms with van der Waals surface area (Å²) >= 11 is 0. The molecule has 314 valence electrons. The van der Waals surface area contributed by atoms with E-state index in [9.17, 15) is 39.6 Å². The Balaban J connectivity index is -0.000000615. The fraction of sp³-hybridized carbons (Fsp3) is 0.391. The van der Waals surface area contributed by atoms with Crippen LogP contribution in [-0.2, 0) is 44.2 Å². The van der Waals surface area contributed by atoms with Crippen molar-refractivity contribution in [3.05, 3.63) is 142 Å². The maximum absolute atomic E-state index is 10.2. The van der Waals surface area contributed by atoms with E-state index in [-0.39, 0.29) is 57.0 Å². The number of rotatable bonds is 7. The molecule has 12 heteroatoms. The van der Waals surface area contributed by atoms with Crippen molar-refractivity contribution in [3.63, 3.8) is 0 Å². The van der Waals surface area contributed by atoms with Gasteiger partial charge in [-0.3, -0.25) is 0 Å². The molecule has 0 radical (unpaired) electrons. The normalized spacial score (nSPS) is 11.5. The van der Waals surface area contributed by atoms with Crippen molar-refractivity contribution in [2.24, 2.45) is 0 Å². The smallest absolute Gasteiger partial charge is 0.545 e. The molecule has 0 amide bonds. The Morgan fingerprint density at radius 1 is 0.397 bits per heavy atom. The zero-order valence-electron chi connectivity index (χ0n) is 34.6. The minimum Gasteiger partial charge on any atom is -0.545 e. The number of carboxylic acid groups (broad SMARTS) is 4. The molecule has 0 N–H and O–H groups in total. The minimum atomic E-state index is -1.12. The van der Waals surface area contributed by atoms with E-state index in [0.717, 1.165) is 48.7 Å². The fourth-order valence-corrected chi connectivity index (χ4v) is 4.28. The Hall–Kier alpha value is -4.26. The fourth-order valence-electron chi connectivity index (χ4n) is 4.28. The van der Waals surface area contributed by atoms with Crippen molar-refractivity contribution in [2.75, 3.05) is 26.4 Å². The molecule has 4 aromatic carbocycles. The van der Waals surface area contributed by atoms with E-state index < -0.39 is 23.9 Å². The SMILES string of the molecule is C1CCOC1.C1CCOC1.CCCCCC.Cc1ccc(C(=O)[O-])cc1.Cc1ccc(C(=O)[O-])cc1.Cc1ccc(C(=O)[O-])cc1.Cc1ccc(C(=O)[O-])cc1.[Cr+2].[Cr+2]. The van der Waals surface area contributed by atoms with Crippen molar-refractivity contribution >= 4 is 23.9 Å². The molecule has 2 fully saturated rings. The van der Waals surface area contributed by atoms with Gasteiger partial charge in [-0.25, -0.2) is 0 Å². The van der Waals surface area contributed by atoms with Gasteiger partial charge >= 0.3 is 34.7 Å². The molecule has 2 aliphatic rings. The van der Waals surface area contributed by atoms with Crippen molar-refractivity contribution in [1.82, 2.24) is 0 Å². The first kappa shape index (κ1) is 58.1. The van der Waals surface area contributed by atoms with Gasteiger partial charge in [-0.1, -0.05) is 159 Å². The predicted octanol–water partition coefficient (Wildman–Crippen LogP) is 5.61. The van der Waals surface area contributed by atoms with Crippen LogP contribution in [0.2, 0.25) is 0 Å². The summed E-state index contributed by atoms with van der Waals surface area (Å²) in [6, 6.07) is 26.2. The van der Waals surface area contributed by atoms with Crippen LogP contribution >= 0.6 is 0 Å². The van der Waals surface area contributed by atoms with Gasteiger partial charge in [0.05, 0.1) is 23.9 Å². The van der Waals surface area contributed by atoms with Gasteiger partial charge in [0.25, 0.3) is 0 Å². The number of hydrogen-bond donors (Lipinski definition) is 0. The molecule has 4 aromatic rings. The van der Waals surface area contributed by atoms with Crippen molar-refractivity contribution in [1.29, 1.82) is 0 Å². The molecule has 58 heavy (non-hydrogen) atoms. The number of aromatic carboxylic acids is 4. The quantitative estimate of drug-likeness (QED) is 0.212. The average Bonchev–Trinajstić information content (AvgIpc) is 3.97. The van der Waals surface area contributed by atoms with Crippen LogP contribution in [0, 0.1) is 27.7 Å². The summed E-state index contributed by atoms with van der Waals surface area (Å²) < 4.78 is 9.89. The summed E-state index contributed by atoms with van der Waals surface area (Å²) in [5.41, 5.74) is 5.09. The first-order valence-corrected chi connectivity index (χ1v) is 19.0. The van der Waals surface area contributed by atoms with Crippen molar-refractivity contribution in [2.45, 2.75) is 92.9 Å². The Morgan fingerprint density at radius 3 is 0.672 bits per heavy atom. The topological polar surface area (TPSA) is 179 Å². The molecule has 0 aliphatic carbocycles. The maximum atomic E-state index is 10.2. The molecule has 0 spiro atoms. The van der Waals surface area contributed by atoms with Gasteiger partial charge in [-0.05, 0) is 75.6 Å². The zero-order chi connectivity index (χ0) is 42.1. The summed E-state index contributed by atoms with van der Waals surface area (Å²) in [5, 5.41) is 40.8. The van der Waals surface area contributed by atoms with Crippen LogP contribution in [0.15, 0.2) is 97.1 Å². The van der Waals surface area contributed by atoms with E-state index in [1.54, 1.807) is 48.5 Å². The van der Waals surface area contributed by atoms with Gasteiger partial charge < -0.3 is 49.1 Å². The number of carbonyl (C=O) groups excluding carboxylic acids is 4. The number of aryl methyl sites for hydroxylation is 4. The number of hydrogen-bond acceptors (Lipinski definition) is 10. The number of unbranched alkanes of at least 4 members (excludes halogenated alkanes) is 3. The van der Waals surface area contributed by atoms with Gasteiger partial charge in [0.2, 0.25) is 0 Å². The number of ether oxygens (including phenoxy) is 2. The van der Waals surface area contributed by atoms with Crippen LogP contribution < -0.4 is 20.4 Å². The van der Waals surface area contributed by atoms with Crippen LogP contribution in [0.3, 0.4) is 0 Å². The molecule has 2 heterocycles. The summed E-state index contributed by atoms with van der Waals surface area (Å²) in [4.78, 5) is 40.8. The van der Waals surface area contributed by atoms with Crippen LogP contribution in [0.4, 0.5) is 0 Å². The average molecular weight is 875 g/mol. The van der Waals surface area contributed by atoms with E-state index in [4.69, 9.17) is 9.47 Å². The second kappa shape index (κ2) is 37.0. The Bertz CT molecular complexity index is 1380. The van der Waals surface area contributed by atoms with Crippen LogP contribution in [0.25, 0.3) is 0 Å². The molecule has 10 nitrogen and oxygen atoms in total. The molecular weight excluding hydrogens is 816 g/mol. The van der Waals surface area contributed by atoms with Crippen molar-refractivity contribution in [3.8, 4) is 0 Å². The van der Waals surface area contributed by atoms with E-state index in [2.05, 4.69) is 13.8 Å². The summed E-state index contributed by atoms with van der Waals surface area (Å²) in [6.45, 7) is 16.1. The van der Waals surface area contributed by atoms with Crippen LogP contribution in [0.5, 0.6) is 0 Å².